The van der Waals surface area contributed by atoms with Gasteiger partial charge >= 0.3 is 6.18 Å². The number of amides is 1. The molecule has 0 spiro atoms. The number of rotatable bonds is 1. The number of halogens is 4. The van der Waals surface area contributed by atoms with Crippen LogP contribution in [-0.2, 0) is 6.18 Å². The average Bonchev–Trinajstić information content (AvgIpc) is 2.01. The first-order valence-electron chi connectivity index (χ1n) is 3.35. The highest BCUT2D eigenvalue weighted by atomic mass is 35.5. The molecule has 76 valence electrons. The van der Waals surface area contributed by atoms with Crippen molar-refractivity contribution in [3.8, 4) is 0 Å². The molecule has 1 rings (SSSR count). The van der Waals surface area contributed by atoms with Gasteiger partial charge < -0.3 is 5.73 Å². The van der Waals surface area contributed by atoms with E-state index in [0.29, 0.717) is 6.20 Å². The van der Waals surface area contributed by atoms with Gasteiger partial charge in [0.2, 0.25) is 0 Å². The van der Waals surface area contributed by atoms with Crippen LogP contribution in [0, 0.1) is 0 Å². The number of hydrogen-bond acceptors (Lipinski definition) is 2. The Balaban J connectivity index is 3.21. The van der Waals surface area contributed by atoms with Crippen molar-refractivity contribution in [2.24, 2.45) is 5.73 Å². The van der Waals surface area contributed by atoms with E-state index in [1.807, 2.05) is 0 Å². The van der Waals surface area contributed by atoms with Gasteiger partial charge in [-0.25, -0.2) is 0 Å². The summed E-state index contributed by atoms with van der Waals surface area (Å²) in [7, 11) is 0. The third-order valence-electron chi connectivity index (χ3n) is 1.41. The first-order valence-corrected chi connectivity index (χ1v) is 3.72. The van der Waals surface area contributed by atoms with Crippen molar-refractivity contribution < 1.29 is 18.0 Å². The van der Waals surface area contributed by atoms with Crippen molar-refractivity contribution in [2.75, 3.05) is 0 Å². The molecule has 0 unspecified atom stereocenters. The lowest BCUT2D eigenvalue weighted by atomic mass is 10.2. The molecule has 14 heavy (non-hydrogen) atoms. The number of pyridine rings is 1. The Morgan fingerprint density at radius 1 is 1.50 bits per heavy atom. The van der Waals surface area contributed by atoms with Crippen LogP contribution in [0.1, 0.15) is 16.1 Å². The van der Waals surface area contributed by atoms with Crippen LogP contribution in [0.25, 0.3) is 0 Å². The van der Waals surface area contributed by atoms with E-state index in [-0.39, 0.29) is 5.69 Å². The summed E-state index contributed by atoms with van der Waals surface area (Å²) in [5.41, 5.74) is 3.40. The topological polar surface area (TPSA) is 56.0 Å². The van der Waals surface area contributed by atoms with Gasteiger partial charge in [-0.05, 0) is 6.07 Å². The Kier molecular flexibility index (Phi) is 2.66. The average molecular weight is 225 g/mol. The molecule has 0 aliphatic heterocycles. The Labute approximate surface area is 81.7 Å². The number of hydrogen-bond donors (Lipinski definition) is 1. The molecule has 1 heterocycles. The molecule has 0 saturated heterocycles. The molecule has 7 heteroatoms. The highest BCUT2D eigenvalue weighted by molar-refractivity contribution is 6.31. The van der Waals surface area contributed by atoms with Gasteiger partial charge in [-0.2, -0.15) is 13.2 Å². The molecule has 1 aromatic heterocycles. The van der Waals surface area contributed by atoms with Gasteiger partial charge in [-0.3, -0.25) is 9.78 Å². The lowest BCUT2D eigenvalue weighted by Gasteiger charge is -2.08. The second-order valence-electron chi connectivity index (χ2n) is 2.41. The summed E-state index contributed by atoms with van der Waals surface area (Å²) in [5, 5.41) is -0.596. The summed E-state index contributed by atoms with van der Waals surface area (Å²) in [6, 6.07) is 0.784. The van der Waals surface area contributed by atoms with Crippen molar-refractivity contribution in [2.45, 2.75) is 6.18 Å². The monoisotopic (exact) mass is 224 g/mol. The minimum atomic E-state index is -4.58. The van der Waals surface area contributed by atoms with E-state index in [9.17, 15) is 18.0 Å². The fourth-order valence-electron chi connectivity index (χ4n) is 0.774. The van der Waals surface area contributed by atoms with Gasteiger partial charge in [0, 0.05) is 6.20 Å². The third-order valence-corrected chi connectivity index (χ3v) is 1.72. The Morgan fingerprint density at radius 3 is 2.43 bits per heavy atom. The van der Waals surface area contributed by atoms with E-state index in [1.165, 1.54) is 0 Å². The zero-order valence-corrected chi connectivity index (χ0v) is 7.36. The molecular weight excluding hydrogens is 221 g/mol. The molecule has 0 atom stereocenters. The van der Waals surface area contributed by atoms with E-state index in [4.69, 9.17) is 17.3 Å². The zero-order valence-electron chi connectivity index (χ0n) is 6.60. The lowest BCUT2D eigenvalue weighted by Crippen LogP contribution is -2.15. The van der Waals surface area contributed by atoms with E-state index in [2.05, 4.69) is 4.98 Å². The highest BCUT2D eigenvalue weighted by Gasteiger charge is 2.33. The van der Waals surface area contributed by atoms with Crippen LogP contribution in [0.3, 0.4) is 0 Å². The van der Waals surface area contributed by atoms with Crippen LogP contribution in [0.4, 0.5) is 13.2 Å². The molecule has 0 bridgehead atoms. The predicted octanol–water partition coefficient (Wildman–Crippen LogP) is 1.85. The predicted molar refractivity (Wildman–Crippen MR) is 42.8 cm³/mol. The Hall–Kier alpha value is -1.30. The van der Waals surface area contributed by atoms with Gasteiger partial charge in [0.15, 0.2) is 0 Å². The van der Waals surface area contributed by atoms with Gasteiger partial charge in [-0.15, -0.1) is 0 Å². The molecule has 0 aliphatic carbocycles. The molecule has 0 aromatic carbocycles. The molecule has 1 amide bonds. The standard InChI is InChI=1S/C7H4ClF3N2O/c8-4-1-5(6(12)14)13-2-3(4)7(9,10)11/h1-2H,(H2,12,14). The van der Waals surface area contributed by atoms with Crippen molar-refractivity contribution in [1.29, 1.82) is 0 Å². The molecule has 0 aliphatic rings. The summed E-state index contributed by atoms with van der Waals surface area (Å²) >= 11 is 5.29. The van der Waals surface area contributed by atoms with E-state index < -0.39 is 22.7 Å². The smallest absolute Gasteiger partial charge is 0.364 e. The van der Waals surface area contributed by atoms with E-state index >= 15 is 0 Å². The number of aromatic nitrogens is 1. The third kappa shape index (κ3) is 2.14. The maximum absolute atomic E-state index is 12.1. The van der Waals surface area contributed by atoms with Crippen LogP contribution < -0.4 is 5.73 Å². The zero-order chi connectivity index (χ0) is 10.9. The molecular formula is C7H4ClF3N2O. The second-order valence-corrected chi connectivity index (χ2v) is 2.82. The van der Waals surface area contributed by atoms with Crippen LogP contribution in [0.2, 0.25) is 5.02 Å². The van der Waals surface area contributed by atoms with Gasteiger partial charge in [0.25, 0.3) is 5.91 Å². The number of nitrogens with zero attached hydrogens (tertiary/aromatic N) is 1. The van der Waals surface area contributed by atoms with Crippen LogP contribution in [0.5, 0.6) is 0 Å². The minimum Gasteiger partial charge on any atom is -0.364 e. The number of nitrogens with two attached hydrogens (primary N) is 1. The normalized spacial score (nSPS) is 11.4. The van der Waals surface area contributed by atoms with Crippen LogP contribution in [-0.4, -0.2) is 10.9 Å². The van der Waals surface area contributed by atoms with Crippen molar-refractivity contribution in [3.05, 3.63) is 28.5 Å². The Morgan fingerprint density at radius 2 is 2.07 bits per heavy atom. The fourth-order valence-corrected chi connectivity index (χ4v) is 1.03. The summed E-state index contributed by atoms with van der Waals surface area (Å²) in [6.45, 7) is 0. The molecule has 1 aromatic rings. The van der Waals surface area contributed by atoms with E-state index in [0.717, 1.165) is 6.07 Å². The number of alkyl halides is 3. The van der Waals surface area contributed by atoms with Gasteiger partial charge in [0.1, 0.15) is 5.69 Å². The second kappa shape index (κ2) is 3.45. The fraction of sp³-hybridized carbons (Fsp3) is 0.143. The van der Waals surface area contributed by atoms with Gasteiger partial charge in [-0.1, -0.05) is 11.6 Å². The molecule has 3 nitrogen and oxygen atoms in total. The highest BCUT2D eigenvalue weighted by Crippen LogP contribution is 2.33. The lowest BCUT2D eigenvalue weighted by molar-refractivity contribution is -0.137. The van der Waals surface area contributed by atoms with Crippen molar-refractivity contribution in [3.63, 3.8) is 0 Å². The maximum Gasteiger partial charge on any atom is 0.419 e. The summed E-state index contributed by atoms with van der Waals surface area (Å²) < 4.78 is 36.4. The van der Waals surface area contributed by atoms with Gasteiger partial charge in [0.05, 0.1) is 10.6 Å². The summed E-state index contributed by atoms with van der Waals surface area (Å²) in [5.74, 6) is -0.930. The summed E-state index contributed by atoms with van der Waals surface area (Å²) in [4.78, 5) is 13.8. The largest absolute Gasteiger partial charge is 0.419 e. The summed E-state index contributed by atoms with van der Waals surface area (Å²) in [6.07, 6.45) is -4.11. The quantitative estimate of drug-likeness (QED) is 0.792. The van der Waals surface area contributed by atoms with Crippen molar-refractivity contribution >= 4 is 17.5 Å². The molecule has 0 saturated carbocycles. The molecule has 0 radical (unpaired) electrons. The van der Waals surface area contributed by atoms with Crippen LogP contribution >= 0.6 is 11.6 Å². The van der Waals surface area contributed by atoms with Crippen molar-refractivity contribution in [1.82, 2.24) is 4.98 Å². The maximum atomic E-state index is 12.1. The van der Waals surface area contributed by atoms with E-state index in [1.54, 1.807) is 0 Å². The molecule has 0 fully saturated rings. The Bertz CT molecular complexity index is 378. The number of carbonyl (C=O) groups is 1. The first-order chi connectivity index (χ1) is 6.32. The molecule has 2 N–H and O–H groups in total. The first kappa shape index (κ1) is 10.8. The number of carbonyl (C=O) groups excluding carboxylic acids is 1. The van der Waals surface area contributed by atoms with Crippen LogP contribution in [0.15, 0.2) is 12.3 Å². The SMILES string of the molecule is NC(=O)c1cc(Cl)c(C(F)(F)F)cn1. The number of primary amides is 1. The minimum absolute atomic E-state index is 0.303.